The first-order chi connectivity index (χ1) is 9.50. The molecule has 2 rings (SSSR count). The van der Waals surface area contributed by atoms with Gasteiger partial charge in [-0.15, -0.1) is 0 Å². The first-order valence-electron chi connectivity index (χ1n) is 6.65. The van der Waals surface area contributed by atoms with Crippen LogP contribution in [-0.2, 0) is 0 Å². The van der Waals surface area contributed by atoms with Gasteiger partial charge in [-0.25, -0.2) is 13.6 Å². The summed E-state index contributed by atoms with van der Waals surface area (Å²) in [6.45, 7) is 3.45. The van der Waals surface area contributed by atoms with Gasteiger partial charge in [0.25, 0.3) is 0 Å². The molecule has 1 aromatic carbocycles. The Bertz CT molecular complexity index is 502. The molecule has 4 nitrogen and oxygen atoms in total. The van der Waals surface area contributed by atoms with Gasteiger partial charge in [0.1, 0.15) is 0 Å². The van der Waals surface area contributed by atoms with Crippen LogP contribution in [0.5, 0.6) is 0 Å². The maximum atomic E-state index is 13.9. The molecule has 0 bridgehead atoms. The zero-order chi connectivity index (χ0) is 14.7. The highest BCUT2D eigenvalue weighted by molar-refractivity contribution is 5.88. The van der Waals surface area contributed by atoms with Crippen molar-refractivity contribution in [2.24, 2.45) is 0 Å². The number of benzene rings is 1. The number of nitrogens with zero attached hydrogens (tertiary/aromatic N) is 2. The van der Waals surface area contributed by atoms with E-state index >= 15 is 0 Å². The van der Waals surface area contributed by atoms with E-state index in [-0.39, 0.29) is 5.69 Å². The van der Waals surface area contributed by atoms with Gasteiger partial charge >= 0.3 is 5.97 Å². The summed E-state index contributed by atoms with van der Waals surface area (Å²) >= 11 is 0. The van der Waals surface area contributed by atoms with Crippen LogP contribution in [0.25, 0.3) is 0 Å². The van der Waals surface area contributed by atoms with Gasteiger partial charge in [-0.05, 0) is 38.1 Å². The molecule has 1 fully saturated rings. The minimum Gasteiger partial charge on any atom is -0.478 e. The van der Waals surface area contributed by atoms with Crippen LogP contribution < -0.4 is 4.90 Å². The molecule has 1 heterocycles. The van der Waals surface area contributed by atoms with E-state index < -0.39 is 23.2 Å². The van der Waals surface area contributed by atoms with E-state index in [1.807, 2.05) is 0 Å². The largest absolute Gasteiger partial charge is 0.478 e. The number of rotatable bonds is 5. The van der Waals surface area contributed by atoms with Crippen LogP contribution in [0.15, 0.2) is 12.1 Å². The SMILES string of the molecule is CN(CCN1CCCC1)c1ccc(C(=O)O)c(F)c1F. The van der Waals surface area contributed by atoms with Crippen molar-refractivity contribution in [3.05, 3.63) is 29.3 Å². The van der Waals surface area contributed by atoms with Crippen LogP contribution in [-0.4, -0.2) is 49.2 Å². The Labute approximate surface area is 116 Å². The minimum absolute atomic E-state index is 0.0895. The second-order valence-corrected chi connectivity index (χ2v) is 5.04. The third kappa shape index (κ3) is 3.07. The fraction of sp³-hybridized carbons (Fsp3) is 0.500. The Hall–Kier alpha value is -1.69. The van der Waals surface area contributed by atoms with Crippen molar-refractivity contribution in [2.75, 3.05) is 38.1 Å². The lowest BCUT2D eigenvalue weighted by Gasteiger charge is -2.23. The van der Waals surface area contributed by atoms with Gasteiger partial charge in [-0.1, -0.05) is 0 Å². The lowest BCUT2D eigenvalue weighted by Crippen LogP contribution is -2.32. The molecule has 0 saturated carbocycles. The van der Waals surface area contributed by atoms with Gasteiger partial charge in [0.15, 0.2) is 11.6 Å². The third-order valence-corrected chi connectivity index (χ3v) is 3.65. The minimum atomic E-state index is -1.47. The maximum Gasteiger partial charge on any atom is 0.338 e. The average molecular weight is 284 g/mol. The Morgan fingerprint density at radius 2 is 1.95 bits per heavy atom. The number of hydrogen-bond acceptors (Lipinski definition) is 3. The maximum absolute atomic E-state index is 13.9. The van der Waals surface area contributed by atoms with Crippen molar-refractivity contribution in [1.29, 1.82) is 0 Å². The zero-order valence-electron chi connectivity index (χ0n) is 11.4. The molecule has 0 aromatic heterocycles. The summed E-state index contributed by atoms with van der Waals surface area (Å²) in [4.78, 5) is 14.6. The van der Waals surface area contributed by atoms with Gasteiger partial charge in [0.05, 0.1) is 11.3 Å². The summed E-state index contributed by atoms with van der Waals surface area (Å²) in [6, 6.07) is 2.41. The highest BCUT2D eigenvalue weighted by Crippen LogP contribution is 2.23. The molecule has 1 aromatic rings. The standard InChI is InChI=1S/C14H18F2N2O2/c1-17(8-9-18-6-2-3-7-18)11-5-4-10(14(19)20)12(15)13(11)16/h4-5H,2-3,6-9H2,1H3,(H,19,20). The molecular formula is C14H18F2N2O2. The molecular weight excluding hydrogens is 266 g/mol. The number of anilines is 1. The predicted octanol–water partition coefficient (Wildman–Crippen LogP) is 2.19. The van der Waals surface area contributed by atoms with E-state index in [0.29, 0.717) is 6.54 Å². The van der Waals surface area contributed by atoms with Gasteiger partial charge in [-0.2, -0.15) is 0 Å². The number of likely N-dealkylation sites (N-methyl/N-ethyl adjacent to an activating group) is 1. The number of carboxylic acids is 1. The van der Waals surface area contributed by atoms with Crippen molar-refractivity contribution in [3.8, 4) is 0 Å². The van der Waals surface area contributed by atoms with Crippen LogP contribution in [0.1, 0.15) is 23.2 Å². The van der Waals surface area contributed by atoms with E-state index in [1.165, 1.54) is 18.9 Å². The smallest absolute Gasteiger partial charge is 0.338 e. The van der Waals surface area contributed by atoms with Crippen LogP contribution in [0.4, 0.5) is 14.5 Å². The van der Waals surface area contributed by atoms with Gasteiger partial charge < -0.3 is 14.9 Å². The van der Waals surface area contributed by atoms with Crippen molar-refractivity contribution < 1.29 is 18.7 Å². The molecule has 1 aliphatic heterocycles. The summed E-state index contributed by atoms with van der Waals surface area (Å²) in [5, 5.41) is 8.74. The lowest BCUT2D eigenvalue weighted by atomic mass is 10.1. The molecule has 0 aliphatic carbocycles. The quantitative estimate of drug-likeness (QED) is 0.900. The summed E-state index contributed by atoms with van der Waals surface area (Å²) < 4.78 is 27.5. The highest BCUT2D eigenvalue weighted by Gasteiger charge is 2.20. The van der Waals surface area contributed by atoms with Gasteiger partial charge in [0, 0.05) is 20.1 Å². The average Bonchev–Trinajstić information content (AvgIpc) is 2.92. The Morgan fingerprint density at radius 3 is 2.55 bits per heavy atom. The van der Waals surface area contributed by atoms with Crippen LogP contribution in [0.2, 0.25) is 0 Å². The van der Waals surface area contributed by atoms with E-state index in [0.717, 1.165) is 25.7 Å². The predicted molar refractivity (Wildman–Crippen MR) is 72.3 cm³/mol. The molecule has 0 unspecified atom stereocenters. The zero-order valence-corrected chi connectivity index (χ0v) is 11.4. The topological polar surface area (TPSA) is 43.8 Å². The summed E-state index contributed by atoms with van der Waals surface area (Å²) in [6.07, 6.45) is 2.36. The molecule has 6 heteroatoms. The summed E-state index contributed by atoms with van der Waals surface area (Å²) in [7, 11) is 1.67. The first kappa shape index (κ1) is 14.7. The van der Waals surface area contributed by atoms with Crippen molar-refractivity contribution in [3.63, 3.8) is 0 Å². The molecule has 0 radical (unpaired) electrons. The van der Waals surface area contributed by atoms with Gasteiger partial charge in [0.2, 0.25) is 0 Å². The Morgan fingerprint density at radius 1 is 1.30 bits per heavy atom. The van der Waals surface area contributed by atoms with E-state index in [1.54, 1.807) is 11.9 Å². The molecule has 1 saturated heterocycles. The molecule has 110 valence electrons. The van der Waals surface area contributed by atoms with Crippen LogP contribution in [0.3, 0.4) is 0 Å². The molecule has 0 spiro atoms. The van der Waals surface area contributed by atoms with E-state index in [9.17, 15) is 13.6 Å². The van der Waals surface area contributed by atoms with Crippen LogP contribution >= 0.6 is 0 Å². The Kier molecular flexibility index (Phi) is 4.54. The van der Waals surface area contributed by atoms with E-state index in [2.05, 4.69) is 4.90 Å². The fourth-order valence-corrected chi connectivity index (χ4v) is 2.42. The fourth-order valence-electron chi connectivity index (χ4n) is 2.42. The molecule has 1 aliphatic rings. The summed E-state index contributed by atoms with van der Waals surface area (Å²) in [5.74, 6) is -3.87. The first-order valence-corrected chi connectivity index (χ1v) is 6.65. The Balaban J connectivity index is 2.07. The molecule has 0 amide bonds. The van der Waals surface area contributed by atoms with Crippen molar-refractivity contribution >= 4 is 11.7 Å². The second kappa shape index (κ2) is 6.17. The molecule has 20 heavy (non-hydrogen) atoms. The number of carbonyl (C=O) groups is 1. The number of hydrogen-bond donors (Lipinski definition) is 1. The van der Waals surface area contributed by atoms with Crippen molar-refractivity contribution in [2.45, 2.75) is 12.8 Å². The van der Waals surface area contributed by atoms with Crippen molar-refractivity contribution in [1.82, 2.24) is 4.90 Å². The number of likely N-dealkylation sites (tertiary alicyclic amines) is 1. The number of aromatic carboxylic acids is 1. The normalized spacial score (nSPS) is 15.6. The highest BCUT2D eigenvalue weighted by atomic mass is 19.2. The number of carboxylic acid groups (broad SMARTS) is 1. The van der Waals surface area contributed by atoms with Gasteiger partial charge in [-0.3, -0.25) is 0 Å². The van der Waals surface area contributed by atoms with E-state index in [4.69, 9.17) is 5.11 Å². The van der Waals surface area contributed by atoms with Crippen LogP contribution in [0, 0.1) is 11.6 Å². The third-order valence-electron chi connectivity index (χ3n) is 3.65. The number of halogens is 2. The monoisotopic (exact) mass is 284 g/mol. The lowest BCUT2D eigenvalue weighted by molar-refractivity contribution is 0.0690. The molecule has 1 N–H and O–H groups in total. The second-order valence-electron chi connectivity index (χ2n) is 5.04. The summed E-state index contributed by atoms with van der Waals surface area (Å²) in [5.41, 5.74) is -0.550. The molecule has 0 atom stereocenters.